The molecule has 1 heterocycles. The molecular weight excluding hydrogens is 393 g/mol. The minimum absolute atomic E-state index is 0.0923. The number of amides is 1. The Morgan fingerprint density at radius 3 is 2.72 bits per heavy atom. The first-order valence-corrected chi connectivity index (χ1v) is 10.2. The molecule has 1 aliphatic heterocycles. The summed E-state index contributed by atoms with van der Waals surface area (Å²) >= 11 is 1.32. The monoisotopic (exact) mass is 415 g/mol. The van der Waals surface area contributed by atoms with Crippen LogP contribution in [0, 0.1) is 5.82 Å². The number of halogens is 1. The van der Waals surface area contributed by atoms with E-state index in [1.165, 1.54) is 22.7 Å². The quantitative estimate of drug-likeness (QED) is 0.666. The number of ketones is 1. The first-order chi connectivity index (χ1) is 13.9. The van der Waals surface area contributed by atoms with E-state index in [4.69, 9.17) is 9.47 Å². The molecule has 0 spiro atoms. The molecule has 7 heteroatoms. The van der Waals surface area contributed by atoms with Crippen LogP contribution in [-0.2, 0) is 4.79 Å². The first kappa shape index (κ1) is 20.9. The number of thioether (sulfide) groups is 1. The highest BCUT2D eigenvalue weighted by Crippen LogP contribution is 2.36. The number of ether oxygens (including phenoxy) is 2. The number of carbonyl (C=O) groups is 2. The highest BCUT2D eigenvalue weighted by Gasteiger charge is 2.24. The lowest BCUT2D eigenvalue weighted by Crippen LogP contribution is -2.27. The Labute approximate surface area is 173 Å². The van der Waals surface area contributed by atoms with Gasteiger partial charge in [-0.15, -0.1) is 11.8 Å². The zero-order chi connectivity index (χ0) is 21.0. The average molecular weight is 415 g/mol. The van der Waals surface area contributed by atoms with Crippen molar-refractivity contribution < 1.29 is 23.5 Å². The second-order valence-corrected chi connectivity index (χ2v) is 7.61. The summed E-state index contributed by atoms with van der Waals surface area (Å²) < 4.78 is 25.1. The van der Waals surface area contributed by atoms with Crippen molar-refractivity contribution in [1.29, 1.82) is 0 Å². The fraction of sp³-hybridized carbons (Fsp3) is 0.273. The third kappa shape index (κ3) is 4.79. The molecule has 3 rings (SSSR count). The van der Waals surface area contributed by atoms with Gasteiger partial charge in [-0.05, 0) is 42.8 Å². The second-order valence-electron chi connectivity index (χ2n) is 6.62. The van der Waals surface area contributed by atoms with Crippen LogP contribution in [0.1, 0.15) is 22.8 Å². The Balaban J connectivity index is 1.85. The standard InChI is InChI=1S/C22H22FNO4S/c1-4-27-19-11-14(8-9-18(19)28-12-20(25)24(2)3)10-15-13-29-22-16(21(15)26)6-5-7-17(22)23/h5-11H,4,12-13H2,1-3H3. The molecule has 1 amide bonds. The van der Waals surface area contributed by atoms with Gasteiger partial charge in [0.05, 0.1) is 11.5 Å². The van der Waals surface area contributed by atoms with Crippen LogP contribution in [-0.4, -0.2) is 49.7 Å². The number of hydrogen-bond donors (Lipinski definition) is 0. The molecule has 29 heavy (non-hydrogen) atoms. The molecule has 0 atom stereocenters. The van der Waals surface area contributed by atoms with Gasteiger partial charge in [-0.1, -0.05) is 12.1 Å². The zero-order valence-corrected chi connectivity index (χ0v) is 17.3. The lowest BCUT2D eigenvalue weighted by atomic mass is 10.0. The Hall–Kier alpha value is -2.80. The van der Waals surface area contributed by atoms with Gasteiger partial charge in [0.2, 0.25) is 0 Å². The Morgan fingerprint density at radius 1 is 1.21 bits per heavy atom. The Bertz CT molecular complexity index is 971. The summed E-state index contributed by atoms with van der Waals surface area (Å²) in [5, 5.41) is 0. The van der Waals surface area contributed by atoms with E-state index in [1.54, 1.807) is 50.5 Å². The Morgan fingerprint density at radius 2 is 2.00 bits per heavy atom. The molecule has 0 bridgehead atoms. The molecule has 0 unspecified atom stereocenters. The van der Waals surface area contributed by atoms with Crippen LogP contribution in [0.25, 0.3) is 6.08 Å². The van der Waals surface area contributed by atoms with E-state index in [-0.39, 0.29) is 24.1 Å². The van der Waals surface area contributed by atoms with Gasteiger partial charge in [-0.25, -0.2) is 4.39 Å². The molecule has 0 aromatic heterocycles. The average Bonchev–Trinajstić information content (AvgIpc) is 2.70. The maximum absolute atomic E-state index is 13.9. The molecular formula is C22H22FNO4S. The van der Waals surface area contributed by atoms with E-state index in [0.29, 0.717) is 39.9 Å². The normalized spacial score (nSPS) is 14.5. The van der Waals surface area contributed by atoms with Gasteiger partial charge >= 0.3 is 0 Å². The fourth-order valence-electron chi connectivity index (χ4n) is 2.80. The third-order valence-corrected chi connectivity index (χ3v) is 5.49. The second kappa shape index (κ2) is 9.13. The van der Waals surface area contributed by atoms with Crippen molar-refractivity contribution in [3.8, 4) is 11.5 Å². The maximum Gasteiger partial charge on any atom is 0.259 e. The van der Waals surface area contributed by atoms with E-state index >= 15 is 0 Å². The van der Waals surface area contributed by atoms with E-state index < -0.39 is 0 Å². The van der Waals surface area contributed by atoms with E-state index in [0.717, 1.165) is 5.56 Å². The number of rotatable bonds is 6. The number of likely N-dealkylation sites (N-methyl/N-ethyl adjacent to an activating group) is 1. The number of Topliss-reactive ketones (excluding diaryl/α,β-unsaturated/α-hetero) is 1. The largest absolute Gasteiger partial charge is 0.490 e. The number of hydrogen-bond acceptors (Lipinski definition) is 5. The smallest absolute Gasteiger partial charge is 0.259 e. The van der Waals surface area contributed by atoms with Crippen molar-refractivity contribution in [2.24, 2.45) is 0 Å². The van der Waals surface area contributed by atoms with Gasteiger partial charge in [0.25, 0.3) is 5.91 Å². The summed E-state index contributed by atoms with van der Waals surface area (Å²) in [4.78, 5) is 26.4. The molecule has 0 aliphatic carbocycles. The van der Waals surface area contributed by atoms with Crippen molar-refractivity contribution >= 4 is 29.5 Å². The van der Waals surface area contributed by atoms with Crippen LogP contribution in [0.2, 0.25) is 0 Å². The van der Waals surface area contributed by atoms with E-state index in [1.807, 2.05) is 6.92 Å². The molecule has 1 aliphatic rings. The van der Waals surface area contributed by atoms with Crippen LogP contribution in [0.3, 0.4) is 0 Å². The topological polar surface area (TPSA) is 55.8 Å². The van der Waals surface area contributed by atoms with Crippen molar-refractivity contribution in [2.45, 2.75) is 11.8 Å². The number of nitrogens with zero attached hydrogens (tertiary/aromatic N) is 1. The summed E-state index contributed by atoms with van der Waals surface area (Å²) in [5.41, 5.74) is 1.75. The van der Waals surface area contributed by atoms with Gasteiger partial charge in [-0.3, -0.25) is 9.59 Å². The highest BCUT2D eigenvalue weighted by molar-refractivity contribution is 7.99. The van der Waals surface area contributed by atoms with Crippen molar-refractivity contribution in [2.75, 3.05) is 33.1 Å². The van der Waals surface area contributed by atoms with Gasteiger partial charge in [0.15, 0.2) is 23.9 Å². The van der Waals surface area contributed by atoms with Gasteiger partial charge in [-0.2, -0.15) is 0 Å². The Kier molecular flexibility index (Phi) is 6.59. The van der Waals surface area contributed by atoms with Crippen molar-refractivity contribution in [3.63, 3.8) is 0 Å². The first-order valence-electron chi connectivity index (χ1n) is 9.17. The number of fused-ring (bicyclic) bond motifs is 1. The summed E-state index contributed by atoms with van der Waals surface area (Å²) in [6.07, 6.45) is 1.78. The predicted octanol–water partition coefficient (Wildman–Crippen LogP) is 4.06. The van der Waals surface area contributed by atoms with Crippen molar-refractivity contribution in [3.05, 3.63) is 58.9 Å². The lowest BCUT2D eigenvalue weighted by Gasteiger charge is -2.18. The van der Waals surface area contributed by atoms with Crippen LogP contribution in [0.15, 0.2) is 46.9 Å². The van der Waals surface area contributed by atoms with Gasteiger partial charge in [0, 0.05) is 31.0 Å². The van der Waals surface area contributed by atoms with E-state index in [2.05, 4.69) is 0 Å². The molecule has 0 radical (unpaired) electrons. The van der Waals surface area contributed by atoms with Gasteiger partial charge in [0.1, 0.15) is 5.82 Å². The van der Waals surface area contributed by atoms with Crippen LogP contribution >= 0.6 is 11.8 Å². The zero-order valence-electron chi connectivity index (χ0n) is 16.5. The summed E-state index contributed by atoms with van der Waals surface area (Å²) in [6, 6.07) is 9.83. The van der Waals surface area contributed by atoms with Gasteiger partial charge < -0.3 is 14.4 Å². The number of benzene rings is 2. The van der Waals surface area contributed by atoms with Crippen molar-refractivity contribution in [1.82, 2.24) is 4.90 Å². The molecule has 0 N–H and O–H groups in total. The van der Waals surface area contributed by atoms with Crippen LogP contribution < -0.4 is 9.47 Å². The third-order valence-electron chi connectivity index (χ3n) is 4.33. The SMILES string of the molecule is CCOc1cc(C=C2CSc3c(F)cccc3C2=O)ccc1OCC(=O)N(C)C. The molecule has 5 nitrogen and oxygen atoms in total. The minimum Gasteiger partial charge on any atom is -0.490 e. The lowest BCUT2D eigenvalue weighted by molar-refractivity contribution is -0.130. The summed E-state index contributed by atoms with van der Waals surface area (Å²) in [7, 11) is 3.32. The minimum atomic E-state index is -0.368. The molecule has 0 fully saturated rings. The molecule has 2 aromatic carbocycles. The van der Waals surface area contributed by atoms with E-state index in [9.17, 15) is 14.0 Å². The molecule has 152 valence electrons. The number of carbonyl (C=O) groups excluding carboxylic acids is 2. The molecule has 0 saturated heterocycles. The summed E-state index contributed by atoms with van der Waals surface area (Å²) in [6.45, 7) is 2.19. The maximum atomic E-state index is 13.9. The summed E-state index contributed by atoms with van der Waals surface area (Å²) in [5.74, 6) is 0.651. The molecule has 2 aromatic rings. The fourth-order valence-corrected chi connectivity index (χ4v) is 3.84. The highest BCUT2D eigenvalue weighted by atomic mass is 32.2. The molecule has 0 saturated carbocycles. The van der Waals surface area contributed by atoms with Crippen LogP contribution in [0.4, 0.5) is 4.39 Å². The predicted molar refractivity (Wildman–Crippen MR) is 111 cm³/mol. The van der Waals surface area contributed by atoms with Crippen LogP contribution in [0.5, 0.6) is 11.5 Å².